The molecule has 0 aromatic heterocycles. The summed E-state index contributed by atoms with van der Waals surface area (Å²) in [4.78, 5) is 20.9. The van der Waals surface area contributed by atoms with Gasteiger partial charge in [0.25, 0.3) is 0 Å². The predicted octanol–water partition coefficient (Wildman–Crippen LogP) is 2.04. The van der Waals surface area contributed by atoms with Crippen molar-refractivity contribution in [1.82, 2.24) is 0 Å². The van der Waals surface area contributed by atoms with Gasteiger partial charge >= 0.3 is 5.97 Å². The van der Waals surface area contributed by atoms with Gasteiger partial charge in [-0.1, -0.05) is 18.2 Å². The lowest BCUT2D eigenvalue weighted by atomic mass is 10.1. The summed E-state index contributed by atoms with van der Waals surface area (Å²) in [6.07, 6.45) is 3.70. The highest BCUT2D eigenvalue weighted by Crippen LogP contribution is 2.19. The maximum atomic E-state index is 10.8. The Bertz CT molecular complexity index is 344. The fraction of sp³-hybridized carbons (Fsp3) is 0.333. The molecule has 0 saturated heterocycles. The fourth-order valence-corrected chi connectivity index (χ4v) is 1.32. The Hall–Kier alpha value is -1.64. The third-order valence-corrected chi connectivity index (χ3v) is 1.95. The molecular formula is C12H13O3. The van der Waals surface area contributed by atoms with Crippen LogP contribution in [0.2, 0.25) is 0 Å². The van der Waals surface area contributed by atoms with Crippen LogP contribution < -0.4 is 4.74 Å². The van der Waals surface area contributed by atoms with Crippen LogP contribution in [0, 0.1) is 0 Å². The predicted molar refractivity (Wildman–Crippen MR) is 56.4 cm³/mol. The van der Waals surface area contributed by atoms with Crippen molar-refractivity contribution in [2.45, 2.75) is 26.2 Å². The molecular weight excluding hydrogens is 192 g/mol. The molecule has 0 unspecified atom stereocenters. The third kappa shape index (κ3) is 3.94. The first kappa shape index (κ1) is 11.4. The summed E-state index contributed by atoms with van der Waals surface area (Å²) in [6.45, 7) is 1.37. The lowest BCUT2D eigenvalue weighted by Gasteiger charge is -2.07. The maximum absolute atomic E-state index is 10.8. The van der Waals surface area contributed by atoms with E-state index in [9.17, 15) is 9.59 Å². The smallest absolute Gasteiger partial charge is 0.308 e. The van der Waals surface area contributed by atoms with Crippen molar-refractivity contribution in [3.8, 4) is 5.75 Å². The van der Waals surface area contributed by atoms with E-state index >= 15 is 0 Å². The minimum Gasteiger partial charge on any atom is -0.426 e. The minimum absolute atomic E-state index is 0.329. The number of para-hydroxylation sites is 1. The summed E-state index contributed by atoms with van der Waals surface area (Å²) in [5.41, 5.74) is 0.947. The van der Waals surface area contributed by atoms with Crippen molar-refractivity contribution in [3.05, 3.63) is 29.8 Å². The van der Waals surface area contributed by atoms with Crippen LogP contribution in [-0.2, 0) is 16.0 Å². The van der Waals surface area contributed by atoms with Crippen LogP contribution in [0.3, 0.4) is 0 Å². The lowest BCUT2D eigenvalue weighted by molar-refractivity contribution is -0.131. The quantitative estimate of drug-likeness (QED) is 0.419. The monoisotopic (exact) mass is 205 g/mol. The first-order valence-corrected chi connectivity index (χ1v) is 4.85. The zero-order chi connectivity index (χ0) is 11.1. The van der Waals surface area contributed by atoms with E-state index in [0.29, 0.717) is 12.2 Å². The Morgan fingerprint density at radius 2 is 2.13 bits per heavy atom. The number of rotatable bonds is 5. The van der Waals surface area contributed by atoms with E-state index < -0.39 is 0 Å². The Labute approximate surface area is 89.1 Å². The van der Waals surface area contributed by atoms with Gasteiger partial charge in [0, 0.05) is 13.3 Å². The molecule has 1 radical (unpaired) electrons. The van der Waals surface area contributed by atoms with Gasteiger partial charge in [-0.05, 0) is 24.5 Å². The summed E-state index contributed by atoms with van der Waals surface area (Å²) < 4.78 is 5.04. The number of hydrogen-bond acceptors (Lipinski definition) is 3. The zero-order valence-corrected chi connectivity index (χ0v) is 8.66. The van der Waals surface area contributed by atoms with Crippen molar-refractivity contribution in [2.75, 3.05) is 0 Å². The number of aryl methyl sites for hydroxylation is 1. The molecule has 0 bridgehead atoms. The average Bonchev–Trinajstić information content (AvgIpc) is 2.20. The fourth-order valence-electron chi connectivity index (χ4n) is 1.32. The molecule has 1 aromatic carbocycles. The maximum Gasteiger partial charge on any atom is 0.308 e. The van der Waals surface area contributed by atoms with Crippen molar-refractivity contribution in [3.63, 3.8) is 0 Å². The highest BCUT2D eigenvalue weighted by Gasteiger charge is 2.04. The van der Waals surface area contributed by atoms with Crippen LogP contribution in [0.15, 0.2) is 24.3 Å². The normalized spacial score (nSPS) is 9.67. The Balaban J connectivity index is 2.67. The molecule has 0 saturated carbocycles. The number of ether oxygens (including phenoxy) is 1. The molecule has 0 aliphatic carbocycles. The number of esters is 1. The first-order valence-electron chi connectivity index (χ1n) is 4.85. The molecule has 1 rings (SSSR count). The summed E-state index contributed by atoms with van der Waals surface area (Å²) in [6, 6.07) is 7.34. The molecule has 0 aliphatic heterocycles. The molecule has 0 spiro atoms. The molecule has 0 fully saturated rings. The van der Waals surface area contributed by atoms with E-state index in [1.54, 1.807) is 6.07 Å². The highest BCUT2D eigenvalue weighted by molar-refractivity contribution is 5.69. The molecule has 0 heterocycles. The van der Waals surface area contributed by atoms with E-state index in [4.69, 9.17) is 4.74 Å². The number of hydrogen-bond donors (Lipinski definition) is 0. The second-order valence-corrected chi connectivity index (χ2v) is 3.20. The Morgan fingerprint density at radius 1 is 1.40 bits per heavy atom. The molecule has 3 nitrogen and oxygen atoms in total. The van der Waals surface area contributed by atoms with Gasteiger partial charge in [-0.15, -0.1) is 0 Å². The van der Waals surface area contributed by atoms with Gasteiger partial charge in [-0.2, -0.15) is 0 Å². The second-order valence-electron chi connectivity index (χ2n) is 3.20. The third-order valence-electron chi connectivity index (χ3n) is 1.95. The van der Waals surface area contributed by atoms with Gasteiger partial charge in [0.1, 0.15) is 5.75 Å². The number of carbonyl (C=O) groups excluding carboxylic acids is 2. The molecule has 0 amide bonds. The number of unbranched alkanes of at least 4 members (excludes halogenated alkanes) is 1. The van der Waals surface area contributed by atoms with Crippen molar-refractivity contribution < 1.29 is 14.3 Å². The van der Waals surface area contributed by atoms with Crippen molar-refractivity contribution in [1.29, 1.82) is 0 Å². The minimum atomic E-state index is -0.329. The largest absolute Gasteiger partial charge is 0.426 e. The van der Waals surface area contributed by atoms with Gasteiger partial charge in [0.15, 0.2) is 6.29 Å². The number of benzene rings is 1. The summed E-state index contributed by atoms with van der Waals surface area (Å²) in [5, 5.41) is 0. The summed E-state index contributed by atoms with van der Waals surface area (Å²) >= 11 is 0. The van der Waals surface area contributed by atoms with Gasteiger partial charge < -0.3 is 4.74 Å². The van der Waals surface area contributed by atoms with Crippen molar-refractivity contribution in [2.24, 2.45) is 0 Å². The van der Waals surface area contributed by atoms with Crippen LogP contribution in [0.1, 0.15) is 25.3 Å². The van der Waals surface area contributed by atoms with E-state index in [0.717, 1.165) is 18.4 Å². The standard InChI is InChI=1S/C12H13O3/c1-10(14)15-12-8-3-2-6-11(12)7-4-5-9-13/h2-3,6,8H,4-5,7H2,1H3. The Kier molecular flexibility index (Phi) is 4.54. The summed E-state index contributed by atoms with van der Waals surface area (Å²) in [7, 11) is 0. The SMILES string of the molecule is CC(=O)Oc1ccccc1CCC[C]=O. The van der Waals surface area contributed by atoms with Crippen molar-refractivity contribution >= 4 is 12.3 Å². The van der Waals surface area contributed by atoms with Gasteiger partial charge in [0.2, 0.25) is 0 Å². The van der Waals surface area contributed by atoms with Crippen LogP contribution in [0.25, 0.3) is 0 Å². The Morgan fingerprint density at radius 3 is 2.80 bits per heavy atom. The molecule has 79 valence electrons. The average molecular weight is 205 g/mol. The van der Waals surface area contributed by atoms with E-state index in [-0.39, 0.29) is 5.97 Å². The lowest BCUT2D eigenvalue weighted by Crippen LogP contribution is -2.03. The van der Waals surface area contributed by atoms with Crippen LogP contribution in [-0.4, -0.2) is 12.3 Å². The zero-order valence-electron chi connectivity index (χ0n) is 8.66. The molecule has 0 atom stereocenters. The van der Waals surface area contributed by atoms with Crippen LogP contribution in [0.5, 0.6) is 5.75 Å². The van der Waals surface area contributed by atoms with Crippen LogP contribution >= 0.6 is 0 Å². The number of carbonyl (C=O) groups is 1. The van der Waals surface area contributed by atoms with Crippen LogP contribution in [0.4, 0.5) is 0 Å². The highest BCUT2D eigenvalue weighted by atomic mass is 16.5. The summed E-state index contributed by atoms with van der Waals surface area (Å²) in [5.74, 6) is 0.250. The molecule has 1 aromatic rings. The van der Waals surface area contributed by atoms with Gasteiger partial charge in [0.05, 0.1) is 0 Å². The van der Waals surface area contributed by atoms with E-state index in [2.05, 4.69) is 0 Å². The molecule has 15 heavy (non-hydrogen) atoms. The topological polar surface area (TPSA) is 43.4 Å². The molecule has 0 aliphatic rings. The van der Waals surface area contributed by atoms with Gasteiger partial charge in [-0.3, -0.25) is 9.59 Å². The molecule has 0 N–H and O–H groups in total. The van der Waals surface area contributed by atoms with E-state index in [1.165, 1.54) is 6.92 Å². The van der Waals surface area contributed by atoms with Gasteiger partial charge in [-0.25, -0.2) is 0 Å². The van der Waals surface area contributed by atoms with E-state index in [1.807, 2.05) is 24.5 Å². The molecule has 3 heteroatoms. The first-order chi connectivity index (χ1) is 7.24. The second kappa shape index (κ2) is 5.96.